The summed E-state index contributed by atoms with van der Waals surface area (Å²) >= 11 is 0. The lowest BCUT2D eigenvalue weighted by Crippen LogP contribution is -2.60. The molecule has 2 aliphatic rings. The molecule has 7 nitrogen and oxygen atoms in total. The lowest BCUT2D eigenvalue weighted by Gasteiger charge is -2.40. The molecule has 25 heavy (non-hydrogen) atoms. The molecule has 2 heterocycles. The van der Waals surface area contributed by atoms with E-state index >= 15 is 0 Å². The minimum atomic E-state index is -0.835. The Morgan fingerprint density at radius 1 is 1.12 bits per heavy atom. The second-order valence-corrected chi connectivity index (χ2v) is 7.95. The zero-order chi connectivity index (χ0) is 18.4. The Morgan fingerprint density at radius 3 is 2.40 bits per heavy atom. The van der Waals surface area contributed by atoms with E-state index in [9.17, 15) is 14.7 Å². The summed E-state index contributed by atoms with van der Waals surface area (Å²) in [5, 5.41) is 9.62. The highest BCUT2D eigenvalue weighted by Gasteiger charge is 2.38. The van der Waals surface area contributed by atoms with Gasteiger partial charge in [-0.1, -0.05) is 6.42 Å². The fraction of sp³-hybridized carbons (Fsp3) is 0.889. The van der Waals surface area contributed by atoms with Crippen LogP contribution in [-0.2, 0) is 9.53 Å². The number of likely N-dealkylation sites (tertiary alicyclic amines) is 1. The highest BCUT2D eigenvalue weighted by atomic mass is 16.6. The molecule has 0 spiro atoms. The van der Waals surface area contributed by atoms with Gasteiger partial charge in [-0.2, -0.15) is 0 Å². The van der Waals surface area contributed by atoms with Crippen LogP contribution in [0.4, 0.5) is 4.79 Å². The summed E-state index contributed by atoms with van der Waals surface area (Å²) in [7, 11) is 0. The Kier molecular flexibility index (Phi) is 7.07. The summed E-state index contributed by atoms with van der Waals surface area (Å²) < 4.78 is 5.35. The molecule has 0 radical (unpaired) electrons. The van der Waals surface area contributed by atoms with Crippen LogP contribution >= 0.6 is 0 Å². The molecule has 0 aromatic rings. The van der Waals surface area contributed by atoms with Crippen LogP contribution in [0.1, 0.15) is 46.5 Å². The fourth-order valence-corrected chi connectivity index (χ4v) is 3.44. The van der Waals surface area contributed by atoms with Gasteiger partial charge in [0.15, 0.2) is 0 Å². The van der Waals surface area contributed by atoms with Gasteiger partial charge in [-0.15, -0.1) is 0 Å². The number of piperazine rings is 1. The summed E-state index contributed by atoms with van der Waals surface area (Å²) in [6.07, 6.45) is 4.24. The number of carbonyl (C=O) groups is 2. The SMILES string of the molecule is CC(C)(C)OC(=O)N1CCN(CCCN2CCCCC2)C(=O)[C@H]1CO. The predicted molar refractivity (Wildman–Crippen MR) is 95.3 cm³/mol. The number of aliphatic hydroxyl groups is 1. The molecule has 1 atom stereocenters. The van der Waals surface area contributed by atoms with Crippen LogP contribution in [0.15, 0.2) is 0 Å². The van der Waals surface area contributed by atoms with Gasteiger partial charge in [-0.25, -0.2) is 4.79 Å². The number of amides is 2. The third kappa shape index (κ3) is 5.85. The Balaban J connectivity index is 1.84. The summed E-state index contributed by atoms with van der Waals surface area (Å²) in [6, 6.07) is -0.835. The van der Waals surface area contributed by atoms with Gasteiger partial charge in [-0.3, -0.25) is 9.69 Å². The molecule has 0 saturated carbocycles. The molecule has 7 heteroatoms. The number of nitrogens with zero attached hydrogens (tertiary/aromatic N) is 3. The molecule has 0 aliphatic carbocycles. The van der Waals surface area contributed by atoms with Crippen molar-refractivity contribution in [3.05, 3.63) is 0 Å². The molecule has 0 aromatic heterocycles. The highest BCUT2D eigenvalue weighted by molar-refractivity contribution is 5.87. The second-order valence-electron chi connectivity index (χ2n) is 7.95. The van der Waals surface area contributed by atoms with Crippen LogP contribution in [-0.4, -0.2) is 89.3 Å². The molecule has 2 fully saturated rings. The fourth-order valence-electron chi connectivity index (χ4n) is 3.44. The Labute approximate surface area is 150 Å². The van der Waals surface area contributed by atoms with Crippen LogP contribution in [0.3, 0.4) is 0 Å². The van der Waals surface area contributed by atoms with E-state index < -0.39 is 17.7 Å². The van der Waals surface area contributed by atoms with Crippen molar-refractivity contribution in [1.82, 2.24) is 14.7 Å². The quantitative estimate of drug-likeness (QED) is 0.805. The van der Waals surface area contributed by atoms with E-state index in [4.69, 9.17) is 4.74 Å². The zero-order valence-electron chi connectivity index (χ0n) is 15.9. The average Bonchev–Trinajstić information content (AvgIpc) is 2.55. The lowest BCUT2D eigenvalue weighted by molar-refractivity contribution is -0.143. The molecule has 2 rings (SSSR count). The summed E-state index contributed by atoms with van der Waals surface area (Å²) in [6.45, 7) is 9.87. The van der Waals surface area contributed by atoms with Crippen LogP contribution in [0.25, 0.3) is 0 Å². The minimum Gasteiger partial charge on any atom is -0.444 e. The molecule has 144 valence electrons. The second kappa shape index (κ2) is 8.85. The normalized spacial score (nSPS) is 23.0. The number of rotatable bonds is 5. The van der Waals surface area contributed by atoms with Crippen LogP contribution in [0.5, 0.6) is 0 Å². The molecule has 0 unspecified atom stereocenters. The lowest BCUT2D eigenvalue weighted by atomic mass is 10.1. The first-order valence-corrected chi connectivity index (χ1v) is 9.43. The van der Waals surface area contributed by atoms with Crippen molar-refractivity contribution in [2.75, 3.05) is 45.9 Å². The van der Waals surface area contributed by atoms with E-state index in [2.05, 4.69) is 4.90 Å². The smallest absolute Gasteiger partial charge is 0.411 e. The largest absolute Gasteiger partial charge is 0.444 e. The predicted octanol–water partition coefficient (Wildman–Crippen LogP) is 1.30. The Morgan fingerprint density at radius 2 is 1.80 bits per heavy atom. The molecule has 1 N–H and O–H groups in total. The molecular weight excluding hydrogens is 322 g/mol. The van der Waals surface area contributed by atoms with E-state index in [1.54, 1.807) is 25.7 Å². The minimum absolute atomic E-state index is 0.182. The van der Waals surface area contributed by atoms with Crippen molar-refractivity contribution < 1.29 is 19.4 Å². The molecular formula is C18H33N3O4. The topological polar surface area (TPSA) is 73.3 Å². The van der Waals surface area contributed by atoms with Gasteiger partial charge in [0.05, 0.1) is 6.61 Å². The van der Waals surface area contributed by atoms with Gasteiger partial charge >= 0.3 is 6.09 Å². The first-order valence-electron chi connectivity index (χ1n) is 9.43. The number of aliphatic hydroxyl groups excluding tert-OH is 1. The highest BCUT2D eigenvalue weighted by Crippen LogP contribution is 2.17. The zero-order valence-corrected chi connectivity index (χ0v) is 15.9. The molecule has 2 saturated heterocycles. The van der Waals surface area contributed by atoms with E-state index in [0.717, 1.165) is 26.1 Å². The first kappa shape index (κ1) is 20.0. The summed E-state index contributed by atoms with van der Waals surface area (Å²) in [4.78, 5) is 30.5. The van der Waals surface area contributed by atoms with Crippen molar-refractivity contribution in [3.63, 3.8) is 0 Å². The monoisotopic (exact) mass is 355 g/mol. The van der Waals surface area contributed by atoms with Gasteiger partial charge in [-0.05, 0) is 59.7 Å². The maximum atomic E-state index is 12.6. The van der Waals surface area contributed by atoms with Crippen LogP contribution in [0, 0.1) is 0 Å². The Bertz CT molecular complexity index is 458. The number of carbonyl (C=O) groups excluding carboxylic acids is 2. The van der Waals surface area contributed by atoms with Crippen molar-refractivity contribution in [3.8, 4) is 0 Å². The van der Waals surface area contributed by atoms with Crippen LogP contribution in [0.2, 0.25) is 0 Å². The number of piperidine rings is 1. The van der Waals surface area contributed by atoms with Gasteiger partial charge < -0.3 is 19.6 Å². The van der Waals surface area contributed by atoms with E-state index in [1.807, 2.05) is 0 Å². The van der Waals surface area contributed by atoms with Gasteiger partial charge in [0.2, 0.25) is 5.91 Å². The maximum absolute atomic E-state index is 12.6. The number of hydrogen-bond acceptors (Lipinski definition) is 5. The first-order chi connectivity index (χ1) is 11.8. The maximum Gasteiger partial charge on any atom is 0.411 e. The molecule has 2 aliphatic heterocycles. The van der Waals surface area contributed by atoms with Crippen molar-refractivity contribution in [1.29, 1.82) is 0 Å². The van der Waals surface area contributed by atoms with E-state index in [-0.39, 0.29) is 12.5 Å². The van der Waals surface area contributed by atoms with E-state index in [1.165, 1.54) is 24.2 Å². The van der Waals surface area contributed by atoms with Gasteiger partial charge in [0, 0.05) is 19.6 Å². The average molecular weight is 355 g/mol. The Hall–Kier alpha value is -1.34. The molecule has 0 bridgehead atoms. The van der Waals surface area contributed by atoms with Crippen molar-refractivity contribution >= 4 is 12.0 Å². The molecule has 2 amide bonds. The van der Waals surface area contributed by atoms with Gasteiger partial charge in [0.25, 0.3) is 0 Å². The van der Waals surface area contributed by atoms with Crippen LogP contribution < -0.4 is 0 Å². The summed E-state index contributed by atoms with van der Waals surface area (Å²) in [5.41, 5.74) is -0.619. The summed E-state index contributed by atoms with van der Waals surface area (Å²) in [5.74, 6) is -0.182. The van der Waals surface area contributed by atoms with Crippen molar-refractivity contribution in [2.45, 2.75) is 58.1 Å². The van der Waals surface area contributed by atoms with Crippen molar-refractivity contribution in [2.24, 2.45) is 0 Å². The number of hydrogen-bond donors (Lipinski definition) is 1. The van der Waals surface area contributed by atoms with E-state index in [0.29, 0.717) is 19.6 Å². The third-order valence-corrected chi connectivity index (χ3v) is 4.74. The third-order valence-electron chi connectivity index (χ3n) is 4.74. The van der Waals surface area contributed by atoms with Gasteiger partial charge in [0.1, 0.15) is 11.6 Å². The number of ether oxygens (including phenoxy) is 1. The standard InChI is InChI=1S/C18H33N3O4/c1-18(2,3)25-17(24)21-13-12-20(16(23)15(21)14-22)11-7-10-19-8-5-4-6-9-19/h15,22H,4-14H2,1-3H3/t15-/m1/s1. The molecule has 0 aromatic carbocycles.